The van der Waals surface area contributed by atoms with Crippen molar-refractivity contribution in [1.29, 1.82) is 0 Å². The molecule has 4 rings (SSSR count). The molecule has 7 heteroatoms. The molecular weight excluding hydrogens is 344 g/mol. The summed E-state index contributed by atoms with van der Waals surface area (Å²) in [6, 6.07) is 7.13. The molecule has 27 heavy (non-hydrogen) atoms. The molecule has 1 amide bonds. The fraction of sp³-hybridized carbons (Fsp3) is 0.550. The van der Waals surface area contributed by atoms with Gasteiger partial charge in [0.15, 0.2) is 0 Å². The zero-order valence-corrected chi connectivity index (χ0v) is 15.4. The number of nitrogens with zero attached hydrogens (tertiary/aromatic N) is 2. The molecule has 1 aliphatic carbocycles. The standard InChI is InChI=1S/C20H26N4O3/c25-18-8-7-15(9-11-23(18)13-14-5-6-14)21-10-12-24-20(27)17-4-2-1-3-16(17)19(26)22-24/h1-4,14-15,21H,5-13H2,(H,22,26)/t15-/m1/s1. The van der Waals surface area contributed by atoms with E-state index in [1.807, 2.05) is 4.90 Å². The van der Waals surface area contributed by atoms with E-state index < -0.39 is 0 Å². The highest BCUT2D eigenvalue weighted by atomic mass is 16.2. The maximum Gasteiger partial charge on any atom is 0.273 e. The van der Waals surface area contributed by atoms with Gasteiger partial charge in [0.25, 0.3) is 11.1 Å². The number of nitrogens with one attached hydrogen (secondary N) is 2. The number of benzene rings is 1. The number of carbonyl (C=O) groups is 1. The van der Waals surface area contributed by atoms with Crippen molar-refractivity contribution in [3.8, 4) is 0 Å². The number of hydrogen-bond acceptors (Lipinski definition) is 4. The van der Waals surface area contributed by atoms with E-state index in [1.54, 1.807) is 24.3 Å². The number of hydrogen-bond donors (Lipinski definition) is 2. The summed E-state index contributed by atoms with van der Waals surface area (Å²) in [4.78, 5) is 38.9. The van der Waals surface area contributed by atoms with E-state index in [0.29, 0.717) is 30.3 Å². The Morgan fingerprint density at radius 2 is 1.81 bits per heavy atom. The van der Waals surface area contributed by atoms with Crippen molar-refractivity contribution in [3.63, 3.8) is 0 Å². The van der Waals surface area contributed by atoms with Crippen molar-refractivity contribution < 1.29 is 4.79 Å². The first-order chi connectivity index (χ1) is 13.1. The molecular formula is C20H26N4O3. The highest BCUT2D eigenvalue weighted by Crippen LogP contribution is 2.30. The third kappa shape index (κ3) is 4.13. The zero-order chi connectivity index (χ0) is 18.8. The smallest absolute Gasteiger partial charge is 0.273 e. The Morgan fingerprint density at radius 3 is 2.59 bits per heavy atom. The molecule has 2 aliphatic rings. The van der Waals surface area contributed by atoms with Gasteiger partial charge in [-0.1, -0.05) is 12.1 Å². The number of aromatic nitrogens is 2. The van der Waals surface area contributed by atoms with E-state index >= 15 is 0 Å². The van der Waals surface area contributed by atoms with Crippen molar-refractivity contribution >= 4 is 16.7 Å². The molecule has 1 atom stereocenters. The normalized spacial score (nSPS) is 20.8. The van der Waals surface area contributed by atoms with Gasteiger partial charge < -0.3 is 10.2 Å². The van der Waals surface area contributed by atoms with E-state index in [2.05, 4.69) is 10.4 Å². The summed E-state index contributed by atoms with van der Waals surface area (Å²) in [6.45, 7) is 2.70. The lowest BCUT2D eigenvalue weighted by atomic mass is 10.1. The second-order valence-corrected chi connectivity index (χ2v) is 7.70. The second kappa shape index (κ2) is 7.68. The summed E-state index contributed by atoms with van der Waals surface area (Å²) in [5.41, 5.74) is -0.431. The van der Waals surface area contributed by atoms with Crippen LogP contribution in [0.4, 0.5) is 0 Å². The minimum atomic E-state index is -0.249. The predicted molar refractivity (Wildman–Crippen MR) is 104 cm³/mol. The Balaban J connectivity index is 1.35. The van der Waals surface area contributed by atoms with Gasteiger partial charge in [0.1, 0.15) is 0 Å². The molecule has 144 valence electrons. The van der Waals surface area contributed by atoms with Crippen molar-refractivity contribution in [2.24, 2.45) is 5.92 Å². The van der Waals surface area contributed by atoms with E-state index in [-0.39, 0.29) is 23.1 Å². The minimum Gasteiger partial charge on any atom is -0.342 e. The quantitative estimate of drug-likeness (QED) is 0.796. The maximum atomic E-state index is 12.5. The van der Waals surface area contributed by atoms with Gasteiger partial charge in [-0.3, -0.25) is 19.5 Å². The molecule has 0 radical (unpaired) electrons. The Labute approximate surface area is 157 Å². The molecule has 1 aromatic heterocycles. The fourth-order valence-electron chi connectivity index (χ4n) is 3.83. The molecule has 1 saturated heterocycles. The minimum absolute atomic E-state index is 0.182. The summed E-state index contributed by atoms with van der Waals surface area (Å²) < 4.78 is 1.37. The Morgan fingerprint density at radius 1 is 1.04 bits per heavy atom. The first-order valence-corrected chi connectivity index (χ1v) is 9.85. The summed E-state index contributed by atoms with van der Waals surface area (Å²) in [5, 5.41) is 6.97. The number of amides is 1. The SMILES string of the molecule is O=C1CC[C@@H](NCCn2[nH]c(=O)c3ccccc3c2=O)CCN1CC1CC1. The van der Waals surface area contributed by atoms with Crippen LogP contribution in [0.25, 0.3) is 10.8 Å². The number of likely N-dealkylation sites (tertiary alicyclic amines) is 1. The summed E-state index contributed by atoms with van der Waals surface area (Å²) in [7, 11) is 0. The number of H-pyrrole nitrogens is 1. The zero-order valence-electron chi connectivity index (χ0n) is 15.4. The lowest BCUT2D eigenvalue weighted by molar-refractivity contribution is -0.130. The van der Waals surface area contributed by atoms with Gasteiger partial charge in [-0.15, -0.1) is 0 Å². The number of fused-ring (bicyclic) bond motifs is 1. The molecule has 0 unspecified atom stereocenters. The molecule has 1 aliphatic heterocycles. The maximum absolute atomic E-state index is 12.5. The van der Waals surface area contributed by atoms with Gasteiger partial charge in [-0.05, 0) is 43.7 Å². The van der Waals surface area contributed by atoms with E-state index in [4.69, 9.17) is 0 Å². The third-order valence-corrected chi connectivity index (χ3v) is 5.63. The highest BCUT2D eigenvalue weighted by molar-refractivity contribution is 5.80. The Kier molecular flexibility index (Phi) is 5.11. The van der Waals surface area contributed by atoms with Crippen LogP contribution in [0, 0.1) is 5.92 Å². The van der Waals surface area contributed by atoms with Crippen LogP contribution in [0.3, 0.4) is 0 Å². The van der Waals surface area contributed by atoms with Gasteiger partial charge in [-0.2, -0.15) is 0 Å². The average molecular weight is 370 g/mol. The molecule has 2 N–H and O–H groups in total. The lowest BCUT2D eigenvalue weighted by Crippen LogP contribution is -2.37. The topological polar surface area (TPSA) is 87.2 Å². The molecule has 2 aromatic rings. The van der Waals surface area contributed by atoms with Crippen LogP contribution in [0.2, 0.25) is 0 Å². The fourth-order valence-corrected chi connectivity index (χ4v) is 3.83. The van der Waals surface area contributed by atoms with Crippen LogP contribution in [-0.2, 0) is 11.3 Å². The molecule has 0 spiro atoms. The van der Waals surface area contributed by atoms with E-state index in [1.165, 1.54) is 17.5 Å². The van der Waals surface area contributed by atoms with Crippen LogP contribution in [0.5, 0.6) is 0 Å². The summed E-state index contributed by atoms with van der Waals surface area (Å²) in [5.74, 6) is 0.983. The van der Waals surface area contributed by atoms with Crippen LogP contribution in [-0.4, -0.2) is 46.3 Å². The average Bonchev–Trinajstić information content (AvgIpc) is 3.51. The number of rotatable bonds is 6. The van der Waals surface area contributed by atoms with Crippen molar-refractivity contribution in [2.45, 2.75) is 44.7 Å². The first kappa shape index (κ1) is 18.0. The number of carbonyl (C=O) groups excluding carboxylic acids is 1. The van der Waals surface area contributed by atoms with Crippen LogP contribution in [0.1, 0.15) is 32.1 Å². The Hall–Kier alpha value is -2.41. The largest absolute Gasteiger partial charge is 0.342 e. The van der Waals surface area contributed by atoms with E-state index in [9.17, 15) is 14.4 Å². The summed E-state index contributed by atoms with van der Waals surface area (Å²) >= 11 is 0. The molecule has 7 nitrogen and oxygen atoms in total. The van der Waals surface area contributed by atoms with Gasteiger partial charge in [0, 0.05) is 32.1 Å². The monoisotopic (exact) mass is 370 g/mol. The number of aromatic amines is 1. The van der Waals surface area contributed by atoms with Crippen LogP contribution >= 0.6 is 0 Å². The van der Waals surface area contributed by atoms with Crippen molar-refractivity contribution in [1.82, 2.24) is 20.0 Å². The van der Waals surface area contributed by atoms with Crippen molar-refractivity contribution in [3.05, 3.63) is 45.0 Å². The molecule has 1 saturated carbocycles. The third-order valence-electron chi connectivity index (χ3n) is 5.63. The van der Waals surface area contributed by atoms with Gasteiger partial charge in [-0.25, -0.2) is 4.68 Å². The summed E-state index contributed by atoms with van der Waals surface area (Å²) in [6.07, 6.45) is 4.84. The van der Waals surface area contributed by atoms with Crippen LogP contribution < -0.4 is 16.4 Å². The molecule has 2 heterocycles. The highest BCUT2D eigenvalue weighted by Gasteiger charge is 2.29. The second-order valence-electron chi connectivity index (χ2n) is 7.70. The lowest BCUT2D eigenvalue weighted by Gasteiger charge is -2.21. The van der Waals surface area contributed by atoms with Crippen molar-refractivity contribution in [2.75, 3.05) is 19.6 Å². The predicted octanol–water partition coefficient (Wildman–Crippen LogP) is 1.07. The molecule has 1 aromatic carbocycles. The van der Waals surface area contributed by atoms with Gasteiger partial charge in [0.05, 0.1) is 17.3 Å². The first-order valence-electron chi connectivity index (χ1n) is 9.85. The van der Waals surface area contributed by atoms with Gasteiger partial charge >= 0.3 is 0 Å². The van der Waals surface area contributed by atoms with Crippen LogP contribution in [0.15, 0.2) is 33.9 Å². The van der Waals surface area contributed by atoms with E-state index in [0.717, 1.165) is 31.8 Å². The van der Waals surface area contributed by atoms with Gasteiger partial charge in [0.2, 0.25) is 5.91 Å². The Bertz CT molecular complexity index is 944. The molecule has 0 bridgehead atoms. The molecule has 2 fully saturated rings.